The number of hydrogen-bond acceptors (Lipinski definition) is 12. The Bertz CT molecular complexity index is 1220. The van der Waals surface area contributed by atoms with E-state index in [0.717, 1.165) is 44.9 Å². The van der Waals surface area contributed by atoms with Gasteiger partial charge in [0.15, 0.2) is 17.7 Å². The van der Waals surface area contributed by atoms with Crippen molar-refractivity contribution < 1.29 is 38.3 Å². The molecule has 1 unspecified atom stereocenters. The first-order chi connectivity index (χ1) is 20.2. The summed E-state index contributed by atoms with van der Waals surface area (Å²) < 4.78 is 28.5. The van der Waals surface area contributed by atoms with E-state index in [4.69, 9.17) is 15.0 Å². The van der Waals surface area contributed by atoms with Crippen molar-refractivity contribution in [1.29, 1.82) is 0 Å². The highest BCUT2D eigenvalue weighted by atomic mass is 31.2. The molecule has 0 spiro atoms. The van der Waals surface area contributed by atoms with Crippen molar-refractivity contribution in [2.24, 2.45) is 0 Å². The molecule has 1 saturated heterocycles. The van der Waals surface area contributed by atoms with Crippen LogP contribution in [0.3, 0.4) is 0 Å². The van der Waals surface area contributed by atoms with Gasteiger partial charge in [-0.2, -0.15) is 0 Å². The minimum absolute atomic E-state index is 0.0535. The predicted molar refractivity (Wildman–Crippen MR) is 155 cm³/mol. The largest absolute Gasteiger partial charge is 0.746 e. The lowest BCUT2D eigenvalue weighted by atomic mass is 10.1. The van der Waals surface area contributed by atoms with Gasteiger partial charge in [-0.15, -0.1) is 0 Å². The minimum atomic E-state index is -5.00. The normalized spacial score (nSPS) is 22.4. The third-order valence-corrected chi connectivity index (χ3v) is 7.83. The molecule has 3 rings (SSSR count). The van der Waals surface area contributed by atoms with E-state index in [1.807, 2.05) is 0 Å². The fourth-order valence-electron chi connectivity index (χ4n) is 4.60. The Morgan fingerprint density at radius 2 is 1.74 bits per heavy atom. The van der Waals surface area contributed by atoms with E-state index < -0.39 is 44.9 Å². The number of phosphoric ester groups is 1. The summed E-state index contributed by atoms with van der Waals surface area (Å²) in [5, 5.41) is 20.9. The summed E-state index contributed by atoms with van der Waals surface area (Å²) in [5.41, 5.74) is 6.32. The second kappa shape index (κ2) is 17.4. The Morgan fingerprint density at radius 1 is 1.05 bits per heavy atom. The van der Waals surface area contributed by atoms with Crippen LogP contribution in [0.25, 0.3) is 11.2 Å². The summed E-state index contributed by atoms with van der Waals surface area (Å²) in [6.45, 7) is 1.53. The van der Waals surface area contributed by atoms with Crippen LogP contribution in [0, 0.1) is 0 Å². The number of aliphatic hydroxyl groups excluding tert-OH is 2. The Kier molecular flexibility index (Phi) is 14.1. The number of hydrogen-bond donors (Lipinski definition) is 3. The summed E-state index contributed by atoms with van der Waals surface area (Å²) in [4.78, 5) is 36.2. The van der Waals surface area contributed by atoms with Crippen molar-refractivity contribution in [3.05, 3.63) is 37.0 Å². The molecule has 13 nitrogen and oxygen atoms in total. The highest BCUT2D eigenvalue weighted by molar-refractivity contribution is 7.46. The number of fused-ring (bicyclic) bond motifs is 1. The molecule has 5 atom stereocenters. The van der Waals surface area contributed by atoms with Crippen LogP contribution in [-0.4, -0.2) is 60.6 Å². The summed E-state index contributed by atoms with van der Waals surface area (Å²) in [6.07, 6.45) is 17.2. The molecule has 1 aliphatic rings. The Hall–Kier alpha value is -2.67. The number of nitrogen functional groups attached to an aromatic ring is 1. The van der Waals surface area contributed by atoms with Crippen LogP contribution in [-0.2, 0) is 23.1 Å². The van der Waals surface area contributed by atoms with Gasteiger partial charge in [0.1, 0.15) is 30.2 Å². The van der Waals surface area contributed by atoms with Gasteiger partial charge in [-0.3, -0.25) is 13.9 Å². The molecule has 0 radical (unpaired) electrons. The smallest absolute Gasteiger partial charge is 0.322 e. The number of nitrogens with two attached hydrogens (primary N) is 1. The molecule has 1 fully saturated rings. The Balaban J connectivity index is 1.28. The van der Waals surface area contributed by atoms with Gasteiger partial charge in [-0.1, -0.05) is 63.3 Å². The average Bonchev–Trinajstić information content (AvgIpc) is 3.51. The van der Waals surface area contributed by atoms with E-state index in [2.05, 4.69) is 50.7 Å². The van der Waals surface area contributed by atoms with E-state index in [1.165, 1.54) is 36.5 Å². The van der Waals surface area contributed by atoms with Crippen LogP contribution in [0.15, 0.2) is 37.0 Å². The zero-order valence-corrected chi connectivity index (χ0v) is 25.0. The molecule has 0 amide bonds. The van der Waals surface area contributed by atoms with Gasteiger partial charge < -0.3 is 34.6 Å². The highest BCUT2D eigenvalue weighted by Gasteiger charge is 2.45. The van der Waals surface area contributed by atoms with Gasteiger partial charge in [0.05, 0.1) is 12.9 Å². The number of aromatic nitrogens is 4. The molecular weight excluding hydrogens is 565 g/mol. The molecule has 234 valence electrons. The summed E-state index contributed by atoms with van der Waals surface area (Å²) in [6, 6.07) is 0. The van der Waals surface area contributed by atoms with E-state index in [-0.39, 0.29) is 23.4 Å². The Labute approximate surface area is 246 Å². The Morgan fingerprint density at radius 3 is 2.48 bits per heavy atom. The predicted octanol–water partition coefficient (Wildman–Crippen LogP) is 3.87. The lowest BCUT2D eigenvalue weighted by Gasteiger charge is -2.24. The molecule has 4 N–H and O–H groups in total. The third-order valence-electron chi connectivity index (χ3n) is 6.94. The molecule has 14 heteroatoms. The van der Waals surface area contributed by atoms with Gasteiger partial charge in [-0.05, 0) is 38.5 Å². The lowest BCUT2D eigenvalue weighted by Crippen LogP contribution is -2.34. The number of allylic oxidation sites excluding steroid dienone is 4. The van der Waals surface area contributed by atoms with Crippen LogP contribution in [0.1, 0.15) is 90.2 Å². The maximum Gasteiger partial charge on any atom is 0.322 e. The first-order valence-electron chi connectivity index (χ1n) is 14.7. The van der Waals surface area contributed by atoms with Gasteiger partial charge in [-0.25, -0.2) is 15.0 Å². The number of phosphoric acid groups is 1. The van der Waals surface area contributed by atoms with Crippen LogP contribution in [0.4, 0.5) is 5.82 Å². The number of nitrogens with zero attached hydrogens (tertiary/aromatic N) is 4. The van der Waals surface area contributed by atoms with Crippen LogP contribution < -0.4 is 10.6 Å². The van der Waals surface area contributed by atoms with Crippen LogP contribution in [0.2, 0.25) is 0 Å². The monoisotopic (exact) mass is 608 g/mol. The molecule has 2 aromatic heterocycles. The van der Waals surface area contributed by atoms with E-state index >= 15 is 0 Å². The minimum Gasteiger partial charge on any atom is -0.746 e. The molecule has 2 aromatic rings. The maximum atomic E-state index is 12.2. The fourth-order valence-corrected chi connectivity index (χ4v) is 5.32. The van der Waals surface area contributed by atoms with Crippen molar-refractivity contribution in [2.75, 3.05) is 12.3 Å². The average molecular weight is 609 g/mol. The second-order valence-electron chi connectivity index (χ2n) is 10.3. The first kappa shape index (κ1) is 33.8. The topological polar surface area (TPSA) is 195 Å². The van der Waals surface area contributed by atoms with Gasteiger partial charge >= 0.3 is 13.8 Å². The van der Waals surface area contributed by atoms with Gasteiger partial charge in [0, 0.05) is 6.42 Å². The summed E-state index contributed by atoms with van der Waals surface area (Å²) >= 11 is 0. The molecule has 0 bridgehead atoms. The van der Waals surface area contributed by atoms with E-state index in [9.17, 15) is 24.5 Å². The molecule has 3 heterocycles. The summed E-state index contributed by atoms with van der Waals surface area (Å²) in [7, 11) is -5.00. The van der Waals surface area contributed by atoms with Gasteiger partial charge in [0.2, 0.25) is 0 Å². The van der Waals surface area contributed by atoms with Crippen LogP contribution in [0.5, 0.6) is 0 Å². The van der Waals surface area contributed by atoms with Crippen molar-refractivity contribution in [3.63, 3.8) is 0 Å². The number of carbonyl (C=O) groups excluding carboxylic acids is 1. The van der Waals surface area contributed by atoms with Crippen LogP contribution >= 0.6 is 7.82 Å². The number of unbranched alkanes of at least 4 members (excludes halogenated alkanes) is 8. The maximum absolute atomic E-state index is 12.2. The molecule has 0 aromatic carbocycles. The quantitative estimate of drug-likeness (QED) is 0.118. The molecule has 42 heavy (non-hydrogen) atoms. The molecule has 0 aliphatic carbocycles. The first-order valence-corrected chi connectivity index (χ1v) is 16.1. The van der Waals surface area contributed by atoms with Crippen molar-refractivity contribution in [3.8, 4) is 0 Å². The second-order valence-corrected chi connectivity index (χ2v) is 11.7. The zero-order chi connectivity index (χ0) is 30.4. The third kappa shape index (κ3) is 10.6. The number of ether oxygens (including phenoxy) is 1. The van der Waals surface area contributed by atoms with Crippen molar-refractivity contribution in [1.82, 2.24) is 19.5 Å². The SMILES string of the molecule is CCCCC/C=C\C/C=C\CCCCCCCC(=O)OP(=O)([O-])OC[C@H]1O[C@@H](n2cnc3c(N)ncnc32)[C@H](O)[C@@H]1O. The lowest BCUT2D eigenvalue weighted by molar-refractivity contribution is -0.227. The number of imidazole rings is 1. The summed E-state index contributed by atoms with van der Waals surface area (Å²) in [5.74, 6) is -0.785. The molecular formula is C28H43N5O8P-. The fraction of sp³-hybridized carbons (Fsp3) is 0.643. The number of rotatable bonds is 19. The highest BCUT2D eigenvalue weighted by Crippen LogP contribution is 2.41. The molecule has 1 aliphatic heterocycles. The number of carbonyl (C=O) groups is 1. The zero-order valence-electron chi connectivity index (χ0n) is 24.1. The van der Waals surface area contributed by atoms with Gasteiger partial charge in [0.25, 0.3) is 0 Å². The number of aliphatic hydroxyl groups is 2. The molecule has 0 saturated carbocycles. The van der Waals surface area contributed by atoms with E-state index in [1.54, 1.807) is 0 Å². The number of anilines is 1. The standard InChI is InChI=1S/C28H44N5O8P/c1-2-3-4-5-6-7-8-9-10-11-12-13-14-15-16-17-22(34)41-42(37,38)39-18-21-24(35)25(36)28(40-21)33-20-32-23-26(29)30-19-31-27(23)33/h6-7,9-10,19-21,24-25,28,35-36H,2-5,8,11-18H2,1H3,(H,37,38)(H2,29,30,31)/p-1/b7-6-,10-9-/t21-,24-,25-,28-/m1/s1. The van der Waals surface area contributed by atoms with E-state index in [0.29, 0.717) is 6.42 Å². The van der Waals surface area contributed by atoms with Crippen molar-refractivity contribution in [2.45, 2.75) is 109 Å². The van der Waals surface area contributed by atoms with Crippen molar-refractivity contribution >= 4 is 30.8 Å².